The van der Waals surface area contributed by atoms with Gasteiger partial charge in [-0.15, -0.1) is 0 Å². The summed E-state index contributed by atoms with van der Waals surface area (Å²) in [5.41, 5.74) is 7.65. The molecule has 0 radical (unpaired) electrons. The smallest absolute Gasteiger partial charge is 0.122 e. The summed E-state index contributed by atoms with van der Waals surface area (Å²) in [6, 6.07) is 8.80. The van der Waals surface area contributed by atoms with E-state index in [1.165, 1.54) is 37.7 Å². The number of benzene rings is 1. The van der Waals surface area contributed by atoms with E-state index in [1.54, 1.807) is 0 Å². The van der Waals surface area contributed by atoms with Gasteiger partial charge in [0.25, 0.3) is 0 Å². The van der Waals surface area contributed by atoms with Crippen molar-refractivity contribution in [1.29, 1.82) is 5.41 Å². The van der Waals surface area contributed by atoms with E-state index < -0.39 is 0 Å². The van der Waals surface area contributed by atoms with E-state index in [0.717, 1.165) is 41.8 Å². The predicted octanol–water partition coefficient (Wildman–Crippen LogP) is 2.88. The molecule has 0 aromatic heterocycles. The highest BCUT2D eigenvalue weighted by Gasteiger charge is 2.53. The predicted molar refractivity (Wildman–Crippen MR) is 85.1 cm³/mol. The van der Waals surface area contributed by atoms with E-state index in [4.69, 9.17) is 11.1 Å². The van der Waals surface area contributed by atoms with E-state index >= 15 is 0 Å². The summed E-state index contributed by atoms with van der Waals surface area (Å²) < 4.78 is 0. The zero-order valence-corrected chi connectivity index (χ0v) is 12.5. The first-order valence-corrected chi connectivity index (χ1v) is 8.39. The van der Waals surface area contributed by atoms with Crippen LogP contribution in [0.15, 0.2) is 24.3 Å². The molecule has 3 heteroatoms. The molecule has 0 heterocycles. The molecule has 3 saturated carbocycles. The Morgan fingerprint density at radius 3 is 2.90 bits per heavy atom. The van der Waals surface area contributed by atoms with Crippen LogP contribution in [0.25, 0.3) is 0 Å². The molecule has 0 saturated heterocycles. The molecule has 0 spiro atoms. The lowest BCUT2D eigenvalue weighted by Gasteiger charge is -2.32. The Bertz CT molecular complexity index is 553. The second kappa shape index (κ2) is 5.13. The summed E-state index contributed by atoms with van der Waals surface area (Å²) in [6.45, 7) is 0.909. The van der Waals surface area contributed by atoms with Crippen LogP contribution in [0.5, 0.6) is 0 Å². The summed E-state index contributed by atoms with van der Waals surface area (Å²) in [7, 11) is 0. The van der Waals surface area contributed by atoms with E-state index in [9.17, 15) is 0 Å². The minimum absolute atomic E-state index is 0.158. The maximum Gasteiger partial charge on any atom is 0.122 e. The van der Waals surface area contributed by atoms with Crippen molar-refractivity contribution < 1.29 is 0 Å². The molecular formula is C18H25N3. The molecule has 4 rings (SSSR count). The number of rotatable bonds is 4. The lowest BCUT2D eigenvalue weighted by atomic mass is 9.79. The lowest BCUT2D eigenvalue weighted by Crippen LogP contribution is -2.38. The van der Waals surface area contributed by atoms with Crippen LogP contribution < -0.4 is 11.1 Å². The van der Waals surface area contributed by atoms with Crippen LogP contribution >= 0.6 is 0 Å². The summed E-state index contributed by atoms with van der Waals surface area (Å²) >= 11 is 0. The van der Waals surface area contributed by atoms with Crippen molar-refractivity contribution in [3.63, 3.8) is 0 Å². The number of hydrogen-bond acceptors (Lipinski definition) is 2. The third kappa shape index (κ3) is 2.28. The summed E-state index contributed by atoms with van der Waals surface area (Å²) in [6.07, 6.45) is 7.30. The van der Waals surface area contributed by atoms with Gasteiger partial charge >= 0.3 is 0 Å². The standard InChI is InChI=1S/C18H25N3/c19-18(20)12-4-1-3-11(7-12)10-21-17-9-13-8-16(17)15-6-2-5-14(13)15/h1,3-4,7,13-17,21H,2,5-6,8-10H2,(H3,19,20)/t13-,14+,15+,16-,17+/m0/s1. The molecule has 0 amide bonds. The third-order valence-corrected chi connectivity index (χ3v) is 6.24. The van der Waals surface area contributed by atoms with Gasteiger partial charge in [-0.05, 0) is 61.0 Å². The van der Waals surface area contributed by atoms with Gasteiger partial charge in [0.2, 0.25) is 0 Å². The summed E-state index contributed by atoms with van der Waals surface area (Å²) in [5.74, 6) is 4.17. The average Bonchev–Trinajstić information content (AvgIpc) is 3.17. The number of hydrogen-bond donors (Lipinski definition) is 3. The van der Waals surface area contributed by atoms with Crippen molar-refractivity contribution in [2.24, 2.45) is 29.4 Å². The Kier molecular flexibility index (Phi) is 3.26. The Labute approximate surface area is 126 Å². The number of nitrogens with one attached hydrogen (secondary N) is 2. The van der Waals surface area contributed by atoms with E-state index in [0.29, 0.717) is 0 Å². The van der Waals surface area contributed by atoms with Gasteiger partial charge in [0.1, 0.15) is 5.84 Å². The molecule has 3 nitrogen and oxygen atoms in total. The van der Waals surface area contributed by atoms with Crippen LogP contribution in [0.3, 0.4) is 0 Å². The molecular weight excluding hydrogens is 258 g/mol. The molecule has 5 atom stereocenters. The van der Waals surface area contributed by atoms with Crippen LogP contribution in [0.2, 0.25) is 0 Å². The average molecular weight is 283 g/mol. The molecule has 1 aromatic rings. The Hall–Kier alpha value is -1.35. The quantitative estimate of drug-likeness (QED) is 0.588. The first-order chi connectivity index (χ1) is 10.2. The SMILES string of the molecule is N=C(N)c1cccc(CN[C@@H]2C[C@@H]3C[C@H]2[C@@H]2CCC[C@H]32)c1. The van der Waals surface area contributed by atoms with E-state index in [2.05, 4.69) is 11.4 Å². The number of fused-ring (bicyclic) bond motifs is 5. The minimum Gasteiger partial charge on any atom is -0.384 e. The molecule has 3 aliphatic rings. The fourth-order valence-electron chi connectivity index (χ4n) is 5.40. The van der Waals surface area contributed by atoms with Crippen molar-refractivity contribution in [2.75, 3.05) is 0 Å². The first kappa shape index (κ1) is 13.3. The molecule has 112 valence electrons. The highest BCUT2D eigenvalue weighted by atomic mass is 14.9. The number of amidine groups is 1. The van der Waals surface area contributed by atoms with Crippen molar-refractivity contribution in [3.8, 4) is 0 Å². The molecule has 0 unspecified atom stereocenters. The van der Waals surface area contributed by atoms with Gasteiger partial charge in [-0.1, -0.05) is 24.6 Å². The minimum atomic E-state index is 0.158. The fourth-order valence-corrected chi connectivity index (χ4v) is 5.40. The van der Waals surface area contributed by atoms with Crippen molar-refractivity contribution >= 4 is 5.84 Å². The van der Waals surface area contributed by atoms with Crippen LogP contribution in [-0.2, 0) is 6.54 Å². The summed E-state index contributed by atoms with van der Waals surface area (Å²) in [4.78, 5) is 0. The van der Waals surface area contributed by atoms with Crippen molar-refractivity contribution in [1.82, 2.24) is 5.32 Å². The largest absolute Gasteiger partial charge is 0.384 e. The van der Waals surface area contributed by atoms with Gasteiger partial charge in [-0.2, -0.15) is 0 Å². The lowest BCUT2D eigenvalue weighted by molar-refractivity contribution is 0.208. The van der Waals surface area contributed by atoms with Crippen molar-refractivity contribution in [2.45, 2.75) is 44.7 Å². The zero-order chi connectivity index (χ0) is 14.4. The van der Waals surface area contributed by atoms with Crippen LogP contribution in [0, 0.1) is 29.1 Å². The van der Waals surface area contributed by atoms with Gasteiger partial charge in [-0.3, -0.25) is 5.41 Å². The molecule has 0 aliphatic heterocycles. The second-order valence-corrected chi connectivity index (χ2v) is 7.26. The monoisotopic (exact) mass is 283 g/mol. The number of nitrogens with two attached hydrogens (primary N) is 1. The maximum absolute atomic E-state index is 7.54. The highest BCUT2D eigenvalue weighted by Crippen LogP contribution is 2.58. The van der Waals surface area contributed by atoms with Gasteiger partial charge in [0.15, 0.2) is 0 Å². The van der Waals surface area contributed by atoms with E-state index in [-0.39, 0.29) is 5.84 Å². The fraction of sp³-hybridized carbons (Fsp3) is 0.611. The highest BCUT2D eigenvalue weighted by molar-refractivity contribution is 5.95. The second-order valence-electron chi connectivity index (χ2n) is 7.26. The Balaban J connectivity index is 1.40. The van der Waals surface area contributed by atoms with Crippen molar-refractivity contribution in [3.05, 3.63) is 35.4 Å². The first-order valence-electron chi connectivity index (χ1n) is 8.39. The summed E-state index contributed by atoms with van der Waals surface area (Å²) in [5, 5.41) is 11.3. The molecule has 1 aromatic carbocycles. The van der Waals surface area contributed by atoms with E-state index in [1.807, 2.05) is 18.2 Å². The van der Waals surface area contributed by atoms with Gasteiger partial charge in [0, 0.05) is 18.2 Å². The topological polar surface area (TPSA) is 61.9 Å². The maximum atomic E-state index is 7.54. The molecule has 2 bridgehead atoms. The van der Waals surface area contributed by atoms with Crippen LogP contribution in [0.1, 0.15) is 43.2 Å². The molecule has 3 aliphatic carbocycles. The van der Waals surface area contributed by atoms with Crippen LogP contribution in [-0.4, -0.2) is 11.9 Å². The molecule has 21 heavy (non-hydrogen) atoms. The molecule has 3 fully saturated rings. The van der Waals surface area contributed by atoms with Crippen LogP contribution in [0.4, 0.5) is 0 Å². The molecule has 4 N–H and O–H groups in total. The zero-order valence-electron chi connectivity index (χ0n) is 12.5. The number of nitrogen functional groups attached to an aromatic ring is 1. The van der Waals surface area contributed by atoms with Gasteiger partial charge in [0.05, 0.1) is 0 Å². The van der Waals surface area contributed by atoms with Gasteiger partial charge in [-0.25, -0.2) is 0 Å². The van der Waals surface area contributed by atoms with Gasteiger partial charge < -0.3 is 11.1 Å². The Morgan fingerprint density at radius 2 is 2.05 bits per heavy atom. The third-order valence-electron chi connectivity index (χ3n) is 6.24. The Morgan fingerprint density at radius 1 is 1.19 bits per heavy atom. The normalized spacial score (nSPS) is 36.9.